The number of likely N-dealkylation sites (tertiary alicyclic amines) is 1. The summed E-state index contributed by atoms with van der Waals surface area (Å²) in [6.45, 7) is 6.64. The number of ether oxygens (including phenoxy) is 1. The van der Waals surface area contributed by atoms with Crippen LogP contribution in [0.3, 0.4) is 0 Å². The molecule has 1 atom stereocenters. The number of carbonyl (C=O) groups is 1. The van der Waals surface area contributed by atoms with E-state index < -0.39 is 5.60 Å². The molecule has 0 spiro atoms. The van der Waals surface area contributed by atoms with Crippen molar-refractivity contribution in [2.45, 2.75) is 51.9 Å². The predicted molar refractivity (Wildman–Crippen MR) is 98.9 cm³/mol. The van der Waals surface area contributed by atoms with Crippen molar-refractivity contribution in [3.8, 4) is 0 Å². The van der Waals surface area contributed by atoms with E-state index in [9.17, 15) is 9.90 Å². The van der Waals surface area contributed by atoms with Gasteiger partial charge in [0.25, 0.3) is 0 Å². The Morgan fingerprint density at radius 2 is 1.93 bits per heavy atom. The first-order valence-electron chi connectivity index (χ1n) is 9.29. The Morgan fingerprint density at radius 1 is 1.26 bits per heavy atom. The third kappa shape index (κ3) is 4.82. The minimum absolute atomic E-state index is 0.0835. The third-order valence-electron chi connectivity index (χ3n) is 4.64. The third-order valence-corrected chi connectivity index (χ3v) is 4.64. The van der Waals surface area contributed by atoms with Crippen molar-refractivity contribution in [3.05, 3.63) is 41.7 Å². The SMILES string of the molecule is CC(C)(C)OC(=O)N1CCC([C@@H](c2ccccc2)n2nnc(CO)n2)CC1. The van der Waals surface area contributed by atoms with Crippen molar-refractivity contribution in [1.29, 1.82) is 0 Å². The highest BCUT2D eigenvalue weighted by atomic mass is 16.6. The van der Waals surface area contributed by atoms with E-state index in [0.717, 1.165) is 18.4 Å². The fourth-order valence-electron chi connectivity index (χ4n) is 3.41. The molecule has 0 bridgehead atoms. The predicted octanol–water partition coefficient (Wildman–Crippen LogP) is 2.40. The summed E-state index contributed by atoms with van der Waals surface area (Å²) in [5, 5.41) is 21.6. The van der Waals surface area contributed by atoms with E-state index in [1.54, 1.807) is 9.70 Å². The van der Waals surface area contributed by atoms with Gasteiger partial charge in [-0.1, -0.05) is 30.3 Å². The van der Waals surface area contributed by atoms with Gasteiger partial charge in [0.1, 0.15) is 18.2 Å². The second-order valence-corrected chi connectivity index (χ2v) is 7.84. The molecule has 8 nitrogen and oxygen atoms in total. The van der Waals surface area contributed by atoms with Crippen LogP contribution in [0.5, 0.6) is 0 Å². The summed E-state index contributed by atoms with van der Waals surface area (Å²) in [6, 6.07) is 9.96. The van der Waals surface area contributed by atoms with Gasteiger partial charge in [0.05, 0.1) is 0 Å². The Bertz CT molecular complexity index is 748. The molecule has 1 aromatic carbocycles. The van der Waals surface area contributed by atoms with Gasteiger partial charge in [-0.25, -0.2) is 4.79 Å². The smallest absolute Gasteiger partial charge is 0.410 e. The van der Waals surface area contributed by atoms with Gasteiger partial charge in [-0.2, -0.15) is 4.80 Å². The molecule has 1 N–H and O–H groups in total. The lowest BCUT2D eigenvalue weighted by molar-refractivity contribution is 0.0165. The summed E-state index contributed by atoms with van der Waals surface area (Å²) >= 11 is 0. The van der Waals surface area contributed by atoms with Crippen molar-refractivity contribution in [3.63, 3.8) is 0 Å². The molecule has 2 heterocycles. The fraction of sp³-hybridized carbons (Fsp3) is 0.579. The highest BCUT2D eigenvalue weighted by Gasteiger charge is 2.33. The number of tetrazole rings is 1. The van der Waals surface area contributed by atoms with Crippen LogP contribution in [0.25, 0.3) is 0 Å². The van der Waals surface area contributed by atoms with E-state index >= 15 is 0 Å². The second-order valence-electron chi connectivity index (χ2n) is 7.84. The molecular formula is C19H27N5O3. The number of benzene rings is 1. The van der Waals surface area contributed by atoms with Gasteiger partial charge in [0.15, 0.2) is 5.82 Å². The molecule has 1 amide bonds. The number of nitrogens with zero attached hydrogens (tertiary/aromatic N) is 5. The molecule has 1 fully saturated rings. The van der Waals surface area contributed by atoms with Crippen molar-refractivity contribution in [2.75, 3.05) is 13.1 Å². The van der Waals surface area contributed by atoms with E-state index in [2.05, 4.69) is 15.4 Å². The van der Waals surface area contributed by atoms with Gasteiger partial charge in [0.2, 0.25) is 0 Å². The van der Waals surface area contributed by atoms with Gasteiger partial charge < -0.3 is 14.7 Å². The maximum absolute atomic E-state index is 12.3. The molecule has 0 aliphatic carbocycles. The number of amides is 1. The zero-order chi connectivity index (χ0) is 19.4. The molecular weight excluding hydrogens is 346 g/mol. The first-order valence-corrected chi connectivity index (χ1v) is 9.29. The zero-order valence-electron chi connectivity index (χ0n) is 16.1. The molecule has 0 unspecified atom stereocenters. The quantitative estimate of drug-likeness (QED) is 0.884. The number of hydrogen-bond acceptors (Lipinski definition) is 6. The van der Waals surface area contributed by atoms with Gasteiger partial charge in [-0.3, -0.25) is 0 Å². The number of carbonyl (C=O) groups excluding carboxylic acids is 1. The summed E-state index contributed by atoms with van der Waals surface area (Å²) in [7, 11) is 0. The van der Waals surface area contributed by atoms with Crippen LogP contribution in [0, 0.1) is 5.92 Å². The van der Waals surface area contributed by atoms with Crippen LogP contribution in [0.4, 0.5) is 4.79 Å². The molecule has 3 rings (SSSR count). The molecule has 8 heteroatoms. The van der Waals surface area contributed by atoms with Crippen LogP contribution >= 0.6 is 0 Å². The van der Waals surface area contributed by atoms with Crippen LogP contribution in [0.2, 0.25) is 0 Å². The normalized spacial score (nSPS) is 17.0. The van der Waals surface area contributed by atoms with Crippen LogP contribution in [-0.2, 0) is 11.3 Å². The van der Waals surface area contributed by atoms with E-state index in [1.807, 2.05) is 51.1 Å². The molecule has 27 heavy (non-hydrogen) atoms. The largest absolute Gasteiger partial charge is 0.444 e. The van der Waals surface area contributed by atoms with Crippen molar-refractivity contribution in [1.82, 2.24) is 25.1 Å². The summed E-state index contributed by atoms with van der Waals surface area (Å²) in [4.78, 5) is 15.7. The first-order chi connectivity index (χ1) is 12.9. The molecule has 1 aliphatic rings. The topological polar surface area (TPSA) is 93.4 Å². The van der Waals surface area contributed by atoms with Crippen LogP contribution < -0.4 is 0 Å². The Hall–Kier alpha value is -2.48. The molecule has 0 saturated carbocycles. The Balaban J connectivity index is 1.74. The van der Waals surface area contributed by atoms with E-state index in [1.165, 1.54) is 0 Å². The molecule has 2 aromatic rings. The van der Waals surface area contributed by atoms with Gasteiger partial charge in [-0.15, -0.1) is 10.2 Å². The van der Waals surface area contributed by atoms with Crippen molar-refractivity contribution in [2.24, 2.45) is 5.92 Å². The van der Waals surface area contributed by atoms with Gasteiger partial charge in [0, 0.05) is 13.1 Å². The van der Waals surface area contributed by atoms with E-state index in [-0.39, 0.29) is 24.7 Å². The first kappa shape index (κ1) is 19.3. The summed E-state index contributed by atoms with van der Waals surface area (Å²) in [5.74, 6) is 0.564. The highest BCUT2D eigenvalue weighted by molar-refractivity contribution is 5.68. The van der Waals surface area contributed by atoms with Crippen LogP contribution in [0.15, 0.2) is 30.3 Å². The number of aliphatic hydroxyl groups excluding tert-OH is 1. The van der Waals surface area contributed by atoms with Crippen molar-refractivity contribution >= 4 is 6.09 Å². The maximum atomic E-state index is 12.3. The minimum atomic E-state index is -0.494. The summed E-state index contributed by atoms with van der Waals surface area (Å²) in [6.07, 6.45) is 1.36. The monoisotopic (exact) mass is 373 g/mol. The second kappa shape index (κ2) is 8.04. The number of hydrogen-bond donors (Lipinski definition) is 1. The molecule has 1 saturated heterocycles. The molecule has 1 aromatic heterocycles. The Morgan fingerprint density at radius 3 is 2.48 bits per heavy atom. The lowest BCUT2D eigenvalue weighted by Gasteiger charge is -2.36. The average molecular weight is 373 g/mol. The fourth-order valence-corrected chi connectivity index (χ4v) is 3.41. The average Bonchev–Trinajstić information content (AvgIpc) is 3.11. The minimum Gasteiger partial charge on any atom is -0.444 e. The number of aromatic nitrogens is 4. The standard InChI is InChI=1S/C19H27N5O3/c1-19(2,3)27-18(26)23-11-9-15(10-12-23)17(14-7-5-4-6-8-14)24-21-16(13-25)20-22-24/h4-8,15,17,25H,9-13H2,1-3H3/t17-/m1/s1. The van der Waals surface area contributed by atoms with Crippen molar-refractivity contribution < 1.29 is 14.6 Å². The van der Waals surface area contributed by atoms with E-state index in [4.69, 9.17) is 4.74 Å². The number of piperidine rings is 1. The zero-order valence-corrected chi connectivity index (χ0v) is 16.1. The molecule has 146 valence electrons. The van der Waals surface area contributed by atoms with Gasteiger partial charge >= 0.3 is 6.09 Å². The summed E-state index contributed by atoms with van der Waals surface area (Å²) in [5.41, 5.74) is 0.598. The Kier molecular flexibility index (Phi) is 5.74. The number of rotatable bonds is 4. The van der Waals surface area contributed by atoms with Crippen LogP contribution in [0.1, 0.15) is 51.0 Å². The molecule has 0 radical (unpaired) electrons. The molecule has 1 aliphatic heterocycles. The lowest BCUT2D eigenvalue weighted by Crippen LogP contribution is -2.43. The lowest BCUT2D eigenvalue weighted by atomic mass is 9.86. The van der Waals surface area contributed by atoms with Crippen LogP contribution in [-0.4, -0.2) is 55.0 Å². The highest BCUT2D eigenvalue weighted by Crippen LogP contribution is 2.33. The van der Waals surface area contributed by atoms with Gasteiger partial charge in [-0.05, 0) is 50.3 Å². The summed E-state index contributed by atoms with van der Waals surface area (Å²) < 4.78 is 5.48. The Labute approximate surface area is 159 Å². The van der Waals surface area contributed by atoms with E-state index in [0.29, 0.717) is 18.9 Å². The maximum Gasteiger partial charge on any atom is 0.410 e. The number of aliphatic hydroxyl groups is 1.